The minimum Gasteiger partial charge on any atom is -0.481 e. The number of benzene rings is 3. The fourth-order valence-corrected chi connectivity index (χ4v) is 6.32. The summed E-state index contributed by atoms with van der Waals surface area (Å²) in [5.74, 6) is -1.29. The van der Waals surface area contributed by atoms with E-state index in [9.17, 15) is 9.90 Å². The van der Waals surface area contributed by atoms with Crippen LogP contribution in [0.5, 0.6) is 0 Å². The van der Waals surface area contributed by atoms with E-state index in [2.05, 4.69) is 35.4 Å². The van der Waals surface area contributed by atoms with Crippen molar-refractivity contribution in [3.8, 4) is 11.1 Å². The SMILES string of the molecule is C=C(Cl)/C=C\C(=C/C)Sc1c2n(c3cc(F)cc(-c4ccc5ccccc5c4)c13)CCC2CC(=O)O.CC. The number of carboxylic acid groups (broad SMARTS) is 1. The van der Waals surface area contributed by atoms with Crippen molar-refractivity contribution in [2.24, 2.45) is 0 Å². The summed E-state index contributed by atoms with van der Waals surface area (Å²) in [7, 11) is 0. The molecular formula is C32H31ClFNO2S. The maximum atomic E-state index is 15.1. The number of aryl methyl sites for hydroxylation is 1. The Kier molecular flexibility index (Phi) is 8.80. The number of aromatic nitrogens is 1. The molecule has 0 saturated carbocycles. The first-order chi connectivity index (χ1) is 18.4. The Morgan fingerprint density at radius 2 is 1.89 bits per heavy atom. The van der Waals surface area contributed by atoms with Gasteiger partial charge in [0.25, 0.3) is 0 Å². The van der Waals surface area contributed by atoms with Gasteiger partial charge in [0, 0.05) is 38.4 Å². The second kappa shape index (κ2) is 12.1. The third-order valence-corrected chi connectivity index (χ3v) is 7.98. The van der Waals surface area contributed by atoms with Crippen LogP contribution in [0.4, 0.5) is 4.39 Å². The highest BCUT2D eigenvalue weighted by atomic mass is 35.5. The first-order valence-electron chi connectivity index (χ1n) is 12.8. The van der Waals surface area contributed by atoms with Crippen LogP contribution in [0.1, 0.15) is 45.2 Å². The van der Waals surface area contributed by atoms with E-state index in [4.69, 9.17) is 11.6 Å². The van der Waals surface area contributed by atoms with Crippen LogP contribution in [0.25, 0.3) is 32.8 Å². The molecule has 1 aliphatic heterocycles. The Labute approximate surface area is 232 Å². The molecule has 3 nitrogen and oxygen atoms in total. The molecule has 3 aromatic carbocycles. The van der Waals surface area contributed by atoms with Gasteiger partial charge in [0.1, 0.15) is 5.82 Å². The zero-order valence-electron chi connectivity index (χ0n) is 21.8. The summed E-state index contributed by atoms with van der Waals surface area (Å²) in [5, 5.41) is 13.2. The van der Waals surface area contributed by atoms with E-state index in [1.54, 1.807) is 30.0 Å². The Hall–Kier alpha value is -3.28. The summed E-state index contributed by atoms with van der Waals surface area (Å²) in [6.45, 7) is 10.3. The molecule has 0 saturated heterocycles. The van der Waals surface area contributed by atoms with Gasteiger partial charge in [-0.3, -0.25) is 4.79 Å². The van der Waals surface area contributed by atoms with Gasteiger partial charge in [-0.25, -0.2) is 4.39 Å². The number of fused-ring (bicyclic) bond motifs is 4. The molecule has 1 unspecified atom stereocenters. The minimum absolute atomic E-state index is 0.0389. The van der Waals surface area contributed by atoms with E-state index >= 15 is 4.39 Å². The van der Waals surface area contributed by atoms with Crippen LogP contribution in [0, 0.1) is 5.82 Å². The van der Waals surface area contributed by atoms with E-state index in [1.807, 2.05) is 51.1 Å². The van der Waals surface area contributed by atoms with Gasteiger partial charge in [0.05, 0.1) is 11.9 Å². The third kappa shape index (κ3) is 5.59. The predicted octanol–water partition coefficient (Wildman–Crippen LogP) is 9.89. The standard InChI is InChI=1S/C30H25ClFNO2S.C2H6/c1-3-24(11-8-18(2)31)36-30-28-25(21-10-9-19-6-4-5-7-20(19)14-21)16-23(32)17-26(28)33-13-12-22(29(30)33)15-27(34)35;1-2/h3-11,14,16-17,22H,2,12-13,15H2,1H3,(H,34,35);1-2H3/b11-8-,24-3+;. The Bertz CT molecular complexity index is 1580. The number of hydrogen-bond acceptors (Lipinski definition) is 2. The maximum absolute atomic E-state index is 15.1. The maximum Gasteiger partial charge on any atom is 0.304 e. The van der Waals surface area contributed by atoms with Crippen molar-refractivity contribution in [2.45, 2.75) is 51.0 Å². The van der Waals surface area contributed by atoms with Crippen molar-refractivity contribution in [3.05, 3.63) is 101 Å². The summed E-state index contributed by atoms with van der Waals surface area (Å²) < 4.78 is 17.2. The Morgan fingerprint density at radius 1 is 1.16 bits per heavy atom. The Morgan fingerprint density at radius 3 is 2.58 bits per heavy atom. The van der Waals surface area contributed by atoms with Crippen molar-refractivity contribution in [1.29, 1.82) is 0 Å². The molecule has 38 heavy (non-hydrogen) atoms. The second-order valence-corrected chi connectivity index (χ2v) is 10.5. The van der Waals surface area contributed by atoms with Gasteiger partial charge in [-0.05, 0) is 65.6 Å². The number of thioether (sulfide) groups is 1. The van der Waals surface area contributed by atoms with Crippen molar-refractivity contribution < 1.29 is 14.3 Å². The van der Waals surface area contributed by atoms with E-state index < -0.39 is 5.97 Å². The lowest BCUT2D eigenvalue weighted by atomic mass is 9.96. The molecule has 0 bridgehead atoms. The third-order valence-electron chi connectivity index (χ3n) is 6.63. The van der Waals surface area contributed by atoms with E-state index in [0.29, 0.717) is 18.0 Å². The number of allylic oxidation sites excluding steroid dienone is 4. The normalized spacial score (nSPS) is 15.1. The molecular weight excluding hydrogens is 517 g/mol. The molecule has 1 aliphatic rings. The van der Waals surface area contributed by atoms with Gasteiger partial charge in [-0.2, -0.15) is 0 Å². The molecule has 0 radical (unpaired) electrons. The lowest BCUT2D eigenvalue weighted by Crippen LogP contribution is -2.04. The fraction of sp³-hybridized carbons (Fsp3) is 0.219. The van der Waals surface area contributed by atoms with Crippen molar-refractivity contribution in [1.82, 2.24) is 4.57 Å². The minimum atomic E-state index is -0.833. The molecule has 0 spiro atoms. The number of carbonyl (C=O) groups is 1. The average molecular weight is 548 g/mol. The number of aliphatic carboxylic acids is 1. The van der Waals surface area contributed by atoms with Crippen LogP contribution < -0.4 is 0 Å². The summed E-state index contributed by atoms with van der Waals surface area (Å²) in [4.78, 5) is 13.6. The first kappa shape index (κ1) is 27.7. The van der Waals surface area contributed by atoms with Crippen LogP contribution in [0.3, 0.4) is 0 Å². The van der Waals surface area contributed by atoms with Crippen LogP contribution in [-0.4, -0.2) is 15.6 Å². The van der Waals surface area contributed by atoms with Gasteiger partial charge in [-0.1, -0.05) is 86.3 Å². The number of nitrogens with zero attached hydrogens (tertiary/aromatic N) is 1. The highest BCUT2D eigenvalue weighted by molar-refractivity contribution is 8.03. The summed E-state index contributed by atoms with van der Waals surface area (Å²) in [6, 6.07) is 17.4. The molecule has 0 aliphatic carbocycles. The van der Waals surface area contributed by atoms with Gasteiger partial charge in [-0.15, -0.1) is 0 Å². The fourth-order valence-electron chi connectivity index (χ4n) is 5.07. The van der Waals surface area contributed by atoms with Gasteiger partial charge < -0.3 is 9.67 Å². The van der Waals surface area contributed by atoms with Gasteiger partial charge >= 0.3 is 5.97 Å². The van der Waals surface area contributed by atoms with Crippen molar-refractivity contribution in [2.75, 3.05) is 0 Å². The molecule has 196 valence electrons. The molecule has 5 rings (SSSR count). The molecule has 4 aromatic rings. The van der Waals surface area contributed by atoms with Crippen LogP contribution in [0.15, 0.2) is 94.2 Å². The van der Waals surface area contributed by atoms with Crippen LogP contribution in [-0.2, 0) is 11.3 Å². The zero-order valence-corrected chi connectivity index (χ0v) is 23.4. The quantitative estimate of drug-likeness (QED) is 0.185. The van der Waals surface area contributed by atoms with E-state index in [-0.39, 0.29) is 18.2 Å². The molecule has 6 heteroatoms. The van der Waals surface area contributed by atoms with Crippen LogP contribution in [0.2, 0.25) is 0 Å². The van der Waals surface area contributed by atoms with E-state index in [0.717, 1.165) is 48.3 Å². The first-order valence-corrected chi connectivity index (χ1v) is 14.0. The van der Waals surface area contributed by atoms with Crippen molar-refractivity contribution >= 4 is 51.0 Å². The van der Waals surface area contributed by atoms with E-state index in [1.165, 1.54) is 0 Å². The number of hydrogen-bond donors (Lipinski definition) is 1. The van der Waals surface area contributed by atoms with Gasteiger partial charge in [0.15, 0.2) is 0 Å². The molecule has 1 N–H and O–H groups in total. The summed E-state index contributed by atoms with van der Waals surface area (Å²) in [5.41, 5.74) is 3.48. The summed E-state index contributed by atoms with van der Waals surface area (Å²) in [6.07, 6.45) is 6.37. The molecule has 0 fully saturated rings. The predicted molar refractivity (Wildman–Crippen MR) is 160 cm³/mol. The number of halogens is 2. The lowest BCUT2D eigenvalue weighted by Gasteiger charge is -2.13. The summed E-state index contributed by atoms with van der Waals surface area (Å²) >= 11 is 7.53. The topological polar surface area (TPSA) is 42.2 Å². The largest absolute Gasteiger partial charge is 0.481 e. The second-order valence-electron chi connectivity index (χ2n) is 8.93. The monoisotopic (exact) mass is 547 g/mol. The molecule has 2 heterocycles. The Balaban J connectivity index is 0.00000164. The average Bonchev–Trinajstić information content (AvgIpc) is 3.45. The number of rotatable bonds is 7. The zero-order chi connectivity index (χ0) is 27.4. The highest BCUT2D eigenvalue weighted by Crippen LogP contribution is 2.49. The smallest absolute Gasteiger partial charge is 0.304 e. The number of carboxylic acids is 1. The van der Waals surface area contributed by atoms with Gasteiger partial charge in [0.2, 0.25) is 0 Å². The van der Waals surface area contributed by atoms with Crippen LogP contribution >= 0.6 is 23.4 Å². The molecule has 1 aromatic heterocycles. The molecule has 0 amide bonds. The highest BCUT2D eigenvalue weighted by Gasteiger charge is 2.33. The van der Waals surface area contributed by atoms with Crippen molar-refractivity contribution in [3.63, 3.8) is 0 Å². The lowest BCUT2D eigenvalue weighted by molar-refractivity contribution is -0.137. The molecule has 1 atom stereocenters.